The van der Waals surface area contributed by atoms with Crippen molar-refractivity contribution in [3.05, 3.63) is 80.2 Å². The molecule has 13 nitrogen and oxygen atoms in total. The van der Waals surface area contributed by atoms with E-state index in [1.807, 2.05) is 0 Å². The van der Waals surface area contributed by atoms with E-state index in [4.69, 9.17) is 14.2 Å². The van der Waals surface area contributed by atoms with Gasteiger partial charge in [-0.1, -0.05) is 24.3 Å². The molecule has 0 aliphatic carbocycles. The number of hydrogen-bond acceptors (Lipinski definition) is 12. The lowest BCUT2D eigenvalue weighted by atomic mass is 10.1. The minimum atomic E-state index is -1.08. The van der Waals surface area contributed by atoms with Crippen LogP contribution in [-0.2, 0) is 30.4 Å². The van der Waals surface area contributed by atoms with Crippen LogP contribution in [0.25, 0.3) is 0 Å². The van der Waals surface area contributed by atoms with Crippen LogP contribution < -0.4 is 4.74 Å². The maximum absolute atomic E-state index is 12.2. The van der Waals surface area contributed by atoms with E-state index in [0.29, 0.717) is 5.56 Å². The fraction of sp³-hybridized carbons (Fsp3) is 0.250. The van der Waals surface area contributed by atoms with E-state index in [2.05, 4.69) is 15.0 Å². The minimum absolute atomic E-state index is 0.00514. The summed E-state index contributed by atoms with van der Waals surface area (Å²) < 4.78 is 14.7. The predicted octanol–water partition coefficient (Wildman–Crippen LogP) is 2.40. The number of carbonyl (C=O) groups excluding carboxylic acids is 3. The molecule has 13 heteroatoms. The minimum Gasteiger partial charge on any atom is -0.426 e. The maximum Gasteiger partial charge on any atom is 0.344 e. The first-order chi connectivity index (χ1) is 15.8. The summed E-state index contributed by atoms with van der Waals surface area (Å²) in [5.41, 5.74) is 0.641. The second-order valence-corrected chi connectivity index (χ2v) is 6.29. The van der Waals surface area contributed by atoms with E-state index >= 15 is 0 Å². The normalized spacial score (nSPS) is 10.9. The summed E-state index contributed by atoms with van der Waals surface area (Å²) in [6.07, 6.45) is -1.07. The lowest BCUT2D eigenvalue weighted by Crippen LogP contribution is -2.24. The average molecular weight is 462 g/mol. The van der Waals surface area contributed by atoms with Crippen molar-refractivity contribution in [2.45, 2.75) is 19.4 Å². The van der Waals surface area contributed by atoms with Crippen LogP contribution in [0, 0.1) is 15.0 Å². The third-order valence-electron chi connectivity index (χ3n) is 3.94. The number of esters is 3. The molecule has 0 amide bonds. The van der Waals surface area contributed by atoms with Crippen LogP contribution in [-0.4, -0.2) is 42.5 Å². The number of carbonyl (C=O) groups is 3. The topological polar surface area (TPSA) is 170 Å². The van der Waals surface area contributed by atoms with E-state index < -0.39 is 42.5 Å². The summed E-state index contributed by atoms with van der Waals surface area (Å²) in [6, 6.07) is 11.7. The highest BCUT2D eigenvalue weighted by molar-refractivity contribution is 5.93. The van der Waals surface area contributed by atoms with Gasteiger partial charge >= 0.3 is 17.9 Å². The number of rotatable bonds is 12. The number of benzene rings is 2. The zero-order valence-electron chi connectivity index (χ0n) is 17.2. The van der Waals surface area contributed by atoms with E-state index in [1.165, 1.54) is 43.3 Å². The molecule has 0 aliphatic rings. The van der Waals surface area contributed by atoms with Gasteiger partial charge in [0.15, 0.2) is 5.34 Å². The predicted molar refractivity (Wildman–Crippen MR) is 107 cm³/mol. The summed E-state index contributed by atoms with van der Waals surface area (Å²) in [6.45, 7) is 0.0592. The van der Waals surface area contributed by atoms with Gasteiger partial charge in [-0.3, -0.25) is 4.79 Å². The summed E-state index contributed by atoms with van der Waals surface area (Å²) in [5.74, 6) is -2.27. The number of hydrogen-bond donors (Lipinski definition) is 0. The molecule has 0 N–H and O–H groups in total. The Hall–Kier alpha value is -4.55. The van der Waals surface area contributed by atoms with Gasteiger partial charge in [-0.25, -0.2) is 9.59 Å². The second-order valence-electron chi connectivity index (χ2n) is 6.29. The quantitative estimate of drug-likeness (QED) is 0.113. The Balaban J connectivity index is 1.89. The Kier molecular flexibility index (Phi) is 9.24. The van der Waals surface area contributed by atoms with Crippen LogP contribution in [0.2, 0.25) is 0 Å². The van der Waals surface area contributed by atoms with Crippen molar-refractivity contribution in [1.82, 2.24) is 0 Å². The Morgan fingerprint density at radius 2 is 1.70 bits per heavy atom. The molecular weight excluding hydrogens is 444 g/mol. The summed E-state index contributed by atoms with van der Waals surface area (Å²) in [7, 11) is 0. The maximum atomic E-state index is 12.2. The zero-order chi connectivity index (χ0) is 24.2. The molecule has 2 rings (SSSR count). The van der Waals surface area contributed by atoms with E-state index in [-0.39, 0.29) is 23.3 Å². The molecule has 0 radical (unpaired) electrons. The largest absolute Gasteiger partial charge is 0.426 e. The smallest absolute Gasteiger partial charge is 0.344 e. The average Bonchev–Trinajstić information content (AvgIpc) is 2.77. The first-order valence-corrected chi connectivity index (χ1v) is 9.26. The fourth-order valence-electron chi connectivity index (χ4n) is 2.58. The van der Waals surface area contributed by atoms with Gasteiger partial charge in [0.2, 0.25) is 6.79 Å². The van der Waals surface area contributed by atoms with Gasteiger partial charge in [-0.15, -0.1) is 15.0 Å². The van der Waals surface area contributed by atoms with Gasteiger partial charge < -0.3 is 23.9 Å². The molecule has 0 heterocycles. The van der Waals surface area contributed by atoms with Crippen molar-refractivity contribution < 1.29 is 43.4 Å². The molecule has 0 bridgehead atoms. The van der Waals surface area contributed by atoms with Crippen LogP contribution >= 0.6 is 0 Å². The first kappa shape index (κ1) is 24.7. The number of para-hydroxylation sites is 1. The Morgan fingerprint density at radius 1 is 1.03 bits per heavy atom. The highest BCUT2D eigenvalue weighted by Gasteiger charge is 2.18. The molecule has 0 aromatic heterocycles. The third-order valence-corrected chi connectivity index (χ3v) is 3.94. The van der Waals surface area contributed by atoms with Gasteiger partial charge in [-0.2, -0.15) is 0 Å². The highest BCUT2D eigenvalue weighted by atomic mass is 17.0. The SMILES string of the molecule is CC(=O)Oc1ccccc1C(=O)OCOC(=O)c1ccc(CC(CON=O)O[N+](=O)[O-])cc1. The van der Waals surface area contributed by atoms with Crippen molar-refractivity contribution in [3.8, 4) is 5.75 Å². The summed E-state index contributed by atoms with van der Waals surface area (Å²) in [5, 5.41) is 11.7. The molecule has 2 aromatic rings. The van der Waals surface area contributed by atoms with Crippen molar-refractivity contribution in [2.75, 3.05) is 13.4 Å². The number of nitrogens with zero attached hydrogens (tertiary/aromatic N) is 2. The molecule has 0 aliphatic heterocycles. The Morgan fingerprint density at radius 3 is 2.33 bits per heavy atom. The van der Waals surface area contributed by atoms with Crippen molar-refractivity contribution >= 4 is 17.9 Å². The van der Waals surface area contributed by atoms with Gasteiger partial charge in [0, 0.05) is 13.3 Å². The van der Waals surface area contributed by atoms with E-state index in [9.17, 15) is 29.4 Å². The molecular formula is C20H18N2O11. The van der Waals surface area contributed by atoms with Crippen LogP contribution in [0.1, 0.15) is 33.2 Å². The molecule has 2 aromatic carbocycles. The first-order valence-electron chi connectivity index (χ1n) is 9.26. The summed E-state index contributed by atoms with van der Waals surface area (Å²) in [4.78, 5) is 64.6. The second kappa shape index (κ2) is 12.3. The molecule has 0 saturated carbocycles. The van der Waals surface area contributed by atoms with Gasteiger partial charge in [0.05, 0.1) is 5.56 Å². The summed E-state index contributed by atoms with van der Waals surface area (Å²) >= 11 is 0. The van der Waals surface area contributed by atoms with Crippen LogP contribution in [0.4, 0.5) is 0 Å². The Bertz CT molecular complexity index is 1010. The zero-order valence-corrected chi connectivity index (χ0v) is 17.2. The monoisotopic (exact) mass is 462 g/mol. The molecule has 0 fully saturated rings. The van der Waals surface area contributed by atoms with Crippen molar-refractivity contribution in [3.63, 3.8) is 0 Å². The van der Waals surface area contributed by atoms with Crippen LogP contribution in [0.3, 0.4) is 0 Å². The van der Waals surface area contributed by atoms with Gasteiger partial charge in [0.25, 0.3) is 5.09 Å². The van der Waals surface area contributed by atoms with E-state index in [1.54, 1.807) is 12.1 Å². The lowest BCUT2D eigenvalue weighted by Gasteiger charge is -2.13. The Labute approximate surface area is 186 Å². The van der Waals surface area contributed by atoms with Crippen molar-refractivity contribution in [1.29, 1.82) is 0 Å². The molecule has 1 atom stereocenters. The molecule has 0 saturated heterocycles. The lowest BCUT2D eigenvalue weighted by molar-refractivity contribution is -0.769. The van der Waals surface area contributed by atoms with Gasteiger partial charge in [-0.05, 0) is 29.8 Å². The molecule has 0 spiro atoms. The number of ether oxygens (including phenoxy) is 3. The third kappa shape index (κ3) is 8.24. The fourth-order valence-corrected chi connectivity index (χ4v) is 2.58. The van der Waals surface area contributed by atoms with Gasteiger partial charge in [0.1, 0.15) is 24.0 Å². The van der Waals surface area contributed by atoms with Crippen LogP contribution in [0.5, 0.6) is 5.75 Å². The van der Waals surface area contributed by atoms with Crippen molar-refractivity contribution in [2.24, 2.45) is 5.34 Å². The standard InChI is InChI=1S/C20H18N2O11/c1-13(23)32-18-5-3-2-4-17(18)20(25)30-12-29-19(24)15-8-6-14(7-9-15)10-16(11-31-21-26)33-22(27)28/h2-9,16H,10-12H2,1H3. The molecule has 33 heavy (non-hydrogen) atoms. The highest BCUT2D eigenvalue weighted by Crippen LogP contribution is 2.19. The van der Waals surface area contributed by atoms with E-state index in [0.717, 1.165) is 0 Å². The molecule has 174 valence electrons. The molecule has 1 unspecified atom stereocenters. The van der Waals surface area contributed by atoms with Crippen LogP contribution in [0.15, 0.2) is 53.9 Å².